The van der Waals surface area contributed by atoms with E-state index in [4.69, 9.17) is 4.74 Å². The number of aliphatic imine (C=N–C) groups is 1. The lowest BCUT2D eigenvalue weighted by Crippen LogP contribution is -2.47. The summed E-state index contributed by atoms with van der Waals surface area (Å²) < 4.78 is 5.79. The molecule has 0 saturated carbocycles. The summed E-state index contributed by atoms with van der Waals surface area (Å²) in [6.07, 6.45) is 2.76. The summed E-state index contributed by atoms with van der Waals surface area (Å²) in [5, 5.41) is 11.6. The molecule has 1 fully saturated rings. The Morgan fingerprint density at radius 2 is 1.78 bits per heavy atom. The van der Waals surface area contributed by atoms with Crippen LogP contribution in [0.25, 0.3) is 6.08 Å². The van der Waals surface area contributed by atoms with Crippen LogP contribution < -0.4 is 9.64 Å². The van der Waals surface area contributed by atoms with Crippen LogP contribution in [0.5, 0.6) is 5.75 Å². The number of ether oxygens (including phenoxy) is 1. The molecule has 0 bridgehead atoms. The average Bonchev–Trinajstić information content (AvgIpc) is 3.19. The zero-order valence-corrected chi connectivity index (χ0v) is 18.6. The van der Waals surface area contributed by atoms with Crippen molar-refractivity contribution in [3.05, 3.63) is 69.1 Å². The molecule has 2 aliphatic heterocycles. The van der Waals surface area contributed by atoms with E-state index in [1.165, 1.54) is 23.9 Å². The minimum Gasteiger partial charge on any atom is -0.493 e. The number of hydrogen-bond donors (Lipinski definition) is 0. The molecule has 2 aromatic rings. The number of piperazine rings is 1. The van der Waals surface area contributed by atoms with Crippen LogP contribution in [0.1, 0.15) is 18.9 Å². The molecular formula is C23H24N4O4S. The van der Waals surface area contributed by atoms with E-state index in [9.17, 15) is 14.9 Å². The quantitative estimate of drug-likeness (QED) is 0.369. The minimum atomic E-state index is -0.395. The monoisotopic (exact) mass is 452 g/mol. The highest BCUT2D eigenvalue weighted by molar-refractivity contribution is 8.18. The van der Waals surface area contributed by atoms with Gasteiger partial charge in [0, 0.05) is 49.6 Å². The van der Waals surface area contributed by atoms with Crippen molar-refractivity contribution in [3.63, 3.8) is 0 Å². The molecule has 2 aromatic carbocycles. The molecule has 2 aliphatic rings. The number of carbonyl (C=O) groups excluding carboxylic acids is 1. The van der Waals surface area contributed by atoms with E-state index in [-0.39, 0.29) is 11.6 Å². The van der Waals surface area contributed by atoms with Gasteiger partial charge in [-0.2, -0.15) is 4.99 Å². The summed E-state index contributed by atoms with van der Waals surface area (Å²) in [6, 6.07) is 14.3. The minimum absolute atomic E-state index is 0.0867. The smallest absolute Gasteiger partial charge is 0.286 e. The summed E-state index contributed by atoms with van der Waals surface area (Å²) in [7, 11) is 0. The molecule has 0 aliphatic carbocycles. The van der Waals surface area contributed by atoms with Crippen LogP contribution in [0.2, 0.25) is 0 Å². The lowest BCUT2D eigenvalue weighted by atomic mass is 10.2. The van der Waals surface area contributed by atoms with Gasteiger partial charge < -0.3 is 14.5 Å². The number of nitro benzene ring substituents is 1. The standard InChI is InChI=1S/C23H24N4O4S/c1-2-15-31-20-6-4-3-5-17(20)16-21-22(28)24-23(32-21)26-13-11-25(12-14-26)18-7-9-19(10-8-18)27(29)30/h3-10,16H,2,11-15H2,1H3. The Morgan fingerprint density at radius 1 is 1.09 bits per heavy atom. The van der Waals surface area contributed by atoms with Gasteiger partial charge in [0.25, 0.3) is 11.6 Å². The Labute approximate surface area is 190 Å². The van der Waals surface area contributed by atoms with Gasteiger partial charge in [0.1, 0.15) is 5.75 Å². The lowest BCUT2D eigenvalue weighted by molar-refractivity contribution is -0.384. The van der Waals surface area contributed by atoms with Gasteiger partial charge in [-0.15, -0.1) is 0 Å². The molecule has 0 unspecified atom stereocenters. The van der Waals surface area contributed by atoms with E-state index < -0.39 is 4.92 Å². The summed E-state index contributed by atoms with van der Waals surface area (Å²) in [5.41, 5.74) is 1.91. The summed E-state index contributed by atoms with van der Waals surface area (Å²) in [6.45, 7) is 5.62. The van der Waals surface area contributed by atoms with Crippen molar-refractivity contribution in [3.8, 4) is 5.75 Å². The fourth-order valence-electron chi connectivity index (χ4n) is 3.56. The number of amidine groups is 1. The Kier molecular flexibility index (Phi) is 6.75. The van der Waals surface area contributed by atoms with Crippen molar-refractivity contribution >= 4 is 40.3 Å². The van der Waals surface area contributed by atoms with Gasteiger partial charge in [-0.05, 0) is 42.5 Å². The fourth-order valence-corrected chi connectivity index (χ4v) is 4.51. The van der Waals surface area contributed by atoms with Crippen LogP contribution >= 0.6 is 11.8 Å². The third kappa shape index (κ3) is 4.94. The molecule has 32 heavy (non-hydrogen) atoms. The molecule has 1 amide bonds. The van der Waals surface area contributed by atoms with Crippen molar-refractivity contribution in [2.75, 3.05) is 37.7 Å². The first-order chi connectivity index (χ1) is 15.5. The van der Waals surface area contributed by atoms with Crippen LogP contribution in [0.4, 0.5) is 11.4 Å². The van der Waals surface area contributed by atoms with E-state index in [2.05, 4.69) is 21.7 Å². The van der Waals surface area contributed by atoms with Crippen LogP contribution in [0.15, 0.2) is 58.4 Å². The van der Waals surface area contributed by atoms with E-state index in [0.717, 1.165) is 54.8 Å². The molecule has 2 heterocycles. The van der Waals surface area contributed by atoms with Gasteiger partial charge in [0.15, 0.2) is 5.17 Å². The Hall–Kier alpha value is -3.33. The molecule has 166 valence electrons. The number of carbonyl (C=O) groups is 1. The molecule has 0 atom stereocenters. The number of nitrogens with zero attached hydrogens (tertiary/aromatic N) is 4. The number of nitro groups is 1. The average molecular weight is 453 g/mol. The topological polar surface area (TPSA) is 88.3 Å². The van der Waals surface area contributed by atoms with Gasteiger partial charge in [0.05, 0.1) is 16.4 Å². The highest BCUT2D eigenvalue weighted by Crippen LogP contribution is 2.33. The zero-order chi connectivity index (χ0) is 22.5. The largest absolute Gasteiger partial charge is 0.493 e. The van der Waals surface area contributed by atoms with Crippen molar-refractivity contribution in [2.24, 2.45) is 4.99 Å². The molecular weight excluding hydrogens is 428 g/mol. The summed E-state index contributed by atoms with van der Waals surface area (Å²) in [5.74, 6) is 0.536. The van der Waals surface area contributed by atoms with Crippen molar-refractivity contribution in [1.29, 1.82) is 0 Å². The first-order valence-electron chi connectivity index (χ1n) is 10.5. The maximum absolute atomic E-state index is 12.5. The summed E-state index contributed by atoms with van der Waals surface area (Å²) in [4.78, 5) is 32.1. The maximum Gasteiger partial charge on any atom is 0.286 e. The molecule has 1 saturated heterocycles. The Balaban J connectivity index is 1.38. The van der Waals surface area contributed by atoms with Crippen molar-refractivity contribution < 1.29 is 14.5 Å². The number of anilines is 1. The highest BCUT2D eigenvalue weighted by atomic mass is 32.2. The number of non-ortho nitro benzene ring substituents is 1. The lowest BCUT2D eigenvalue weighted by Gasteiger charge is -2.36. The molecule has 9 heteroatoms. The van der Waals surface area contributed by atoms with Crippen molar-refractivity contribution in [1.82, 2.24) is 4.90 Å². The number of rotatable bonds is 6. The maximum atomic E-state index is 12.5. The van der Waals surface area contributed by atoms with Gasteiger partial charge in [-0.25, -0.2) is 0 Å². The van der Waals surface area contributed by atoms with E-state index >= 15 is 0 Å². The number of para-hydroxylation sites is 1. The summed E-state index contributed by atoms with van der Waals surface area (Å²) >= 11 is 1.39. The molecule has 4 rings (SSSR count). The number of benzene rings is 2. The van der Waals surface area contributed by atoms with Crippen LogP contribution in [0.3, 0.4) is 0 Å². The van der Waals surface area contributed by atoms with Gasteiger partial charge in [-0.1, -0.05) is 25.1 Å². The molecule has 0 N–H and O–H groups in total. The molecule has 0 aromatic heterocycles. The first kappa shape index (κ1) is 21.9. The second-order valence-corrected chi connectivity index (χ2v) is 8.45. The first-order valence-corrected chi connectivity index (χ1v) is 11.4. The van der Waals surface area contributed by atoms with Crippen LogP contribution in [-0.2, 0) is 4.79 Å². The van der Waals surface area contributed by atoms with Crippen LogP contribution in [0, 0.1) is 10.1 Å². The Bertz CT molecular complexity index is 1060. The fraction of sp³-hybridized carbons (Fsp3) is 0.304. The van der Waals surface area contributed by atoms with Crippen LogP contribution in [-0.4, -0.2) is 53.7 Å². The second-order valence-electron chi connectivity index (χ2n) is 7.44. The van der Waals surface area contributed by atoms with Gasteiger partial charge in [0.2, 0.25) is 0 Å². The predicted octanol–water partition coefficient (Wildman–Crippen LogP) is 4.18. The normalized spacial score (nSPS) is 17.6. The molecule has 0 spiro atoms. The van der Waals surface area contributed by atoms with Gasteiger partial charge >= 0.3 is 0 Å². The van der Waals surface area contributed by atoms with E-state index in [1.54, 1.807) is 12.1 Å². The third-order valence-electron chi connectivity index (χ3n) is 5.25. The third-order valence-corrected chi connectivity index (χ3v) is 6.30. The molecule has 8 nitrogen and oxygen atoms in total. The van der Waals surface area contributed by atoms with Gasteiger partial charge in [-0.3, -0.25) is 14.9 Å². The molecule has 0 radical (unpaired) electrons. The van der Waals surface area contributed by atoms with Crippen molar-refractivity contribution in [2.45, 2.75) is 13.3 Å². The van der Waals surface area contributed by atoms with E-state index in [1.807, 2.05) is 30.3 Å². The zero-order valence-electron chi connectivity index (χ0n) is 17.8. The second kappa shape index (κ2) is 9.86. The highest BCUT2D eigenvalue weighted by Gasteiger charge is 2.29. The predicted molar refractivity (Wildman–Crippen MR) is 127 cm³/mol. The van der Waals surface area contributed by atoms with E-state index in [0.29, 0.717) is 11.5 Å². The Morgan fingerprint density at radius 3 is 2.47 bits per heavy atom. The number of hydrogen-bond acceptors (Lipinski definition) is 7. The number of thioether (sulfide) groups is 1. The SMILES string of the molecule is CCCOc1ccccc1C=C1SC(N2CCN(c3ccc([N+](=O)[O-])cc3)CC2)=NC1=O. The number of amides is 1.